The van der Waals surface area contributed by atoms with Crippen LogP contribution in [0.15, 0.2) is 84.9 Å². The summed E-state index contributed by atoms with van der Waals surface area (Å²) in [6.45, 7) is 0.773. The number of allylic oxidation sites excluding steroid dienone is 1. The van der Waals surface area contributed by atoms with Gasteiger partial charge in [-0.3, -0.25) is 4.79 Å². The number of carbonyl (C=O) groups is 1. The van der Waals surface area contributed by atoms with Gasteiger partial charge < -0.3 is 23.7 Å². The topological polar surface area (TPSA) is 63.2 Å². The Morgan fingerprint density at radius 2 is 1.34 bits per heavy atom. The van der Waals surface area contributed by atoms with E-state index in [1.807, 2.05) is 6.07 Å². The molecule has 0 fully saturated rings. The smallest absolute Gasteiger partial charge is 0.185 e. The van der Waals surface area contributed by atoms with E-state index in [9.17, 15) is 4.79 Å². The van der Waals surface area contributed by atoms with Gasteiger partial charge in [0.2, 0.25) is 0 Å². The largest absolute Gasteiger partial charge is 0.493 e. The second kappa shape index (κ2) is 14.7. The molecule has 0 saturated carbocycles. The molecular formula is C32H27Cl3O6. The highest BCUT2D eigenvalue weighted by Crippen LogP contribution is 2.37. The highest BCUT2D eigenvalue weighted by molar-refractivity contribution is 6.35. The molecule has 0 amide bonds. The molecule has 0 atom stereocenters. The molecule has 9 heteroatoms. The lowest BCUT2D eigenvalue weighted by atomic mass is 10.1. The third kappa shape index (κ3) is 8.57. The fourth-order valence-corrected chi connectivity index (χ4v) is 4.34. The summed E-state index contributed by atoms with van der Waals surface area (Å²) in [5, 5.41) is 1.41. The third-order valence-corrected chi connectivity index (χ3v) is 6.57. The van der Waals surface area contributed by atoms with E-state index in [2.05, 4.69) is 0 Å². The lowest BCUT2D eigenvalue weighted by Gasteiger charge is -2.14. The number of benzene rings is 4. The number of rotatable bonds is 13. The monoisotopic (exact) mass is 612 g/mol. The minimum absolute atomic E-state index is 0.126. The summed E-state index contributed by atoms with van der Waals surface area (Å²) in [4.78, 5) is 12.6. The molecular weight excluding hydrogens is 587 g/mol. The molecule has 4 rings (SSSR count). The van der Waals surface area contributed by atoms with E-state index in [0.717, 1.165) is 5.56 Å². The number of halogens is 3. The van der Waals surface area contributed by atoms with Crippen molar-refractivity contribution in [1.29, 1.82) is 0 Å². The minimum Gasteiger partial charge on any atom is -0.493 e. The first kappa shape index (κ1) is 30.1. The van der Waals surface area contributed by atoms with Crippen LogP contribution in [0.3, 0.4) is 0 Å². The van der Waals surface area contributed by atoms with Gasteiger partial charge in [0.05, 0.1) is 32.5 Å². The molecule has 0 aliphatic heterocycles. The van der Waals surface area contributed by atoms with E-state index in [1.54, 1.807) is 93.1 Å². The lowest BCUT2D eigenvalue weighted by Crippen LogP contribution is -2.06. The highest BCUT2D eigenvalue weighted by Gasteiger charge is 2.11. The average Bonchev–Trinajstić information content (AvgIpc) is 2.98. The van der Waals surface area contributed by atoms with Crippen LogP contribution >= 0.6 is 34.8 Å². The zero-order valence-electron chi connectivity index (χ0n) is 22.4. The zero-order valence-corrected chi connectivity index (χ0v) is 24.6. The molecule has 0 aromatic heterocycles. The van der Waals surface area contributed by atoms with Gasteiger partial charge in [0.1, 0.15) is 11.5 Å². The summed E-state index contributed by atoms with van der Waals surface area (Å²) in [5.74, 6) is 3.14. The highest BCUT2D eigenvalue weighted by atomic mass is 35.5. The molecule has 0 radical (unpaired) electrons. The van der Waals surface area contributed by atoms with Crippen LogP contribution in [0, 0.1) is 0 Å². The van der Waals surface area contributed by atoms with Crippen LogP contribution in [0.2, 0.25) is 15.1 Å². The molecule has 6 nitrogen and oxygen atoms in total. The summed E-state index contributed by atoms with van der Waals surface area (Å²) in [6.07, 6.45) is 3.85. The first-order valence-corrected chi connectivity index (χ1v) is 13.7. The van der Waals surface area contributed by atoms with Crippen molar-refractivity contribution in [1.82, 2.24) is 0 Å². The Hall–Kier alpha value is -3.84. The fraction of sp³-hybridized carbons (Fsp3) is 0.156. The molecule has 0 aliphatic rings. The fourth-order valence-electron chi connectivity index (χ4n) is 3.73. The van der Waals surface area contributed by atoms with Gasteiger partial charge in [0, 0.05) is 28.1 Å². The Labute approximate surface area is 253 Å². The molecule has 0 N–H and O–H groups in total. The Balaban J connectivity index is 1.26. The predicted molar refractivity (Wildman–Crippen MR) is 163 cm³/mol. The molecule has 41 heavy (non-hydrogen) atoms. The van der Waals surface area contributed by atoms with E-state index >= 15 is 0 Å². The van der Waals surface area contributed by atoms with E-state index in [4.69, 9.17) is 58.5 Å². The first-order valence-electron chi connectivity index (χ1n) is 12.6. The van der Waals surface area contributed by atoms with Gasteiger partial charge in [-0.2, -0.15) is 0 Å². The molecule has 0 aliphatic carbocycles. The Morgan fingerprint density at radius 1 is 0.683 bits per heavy atom. The van der Waals surface area contributed by atoms with E-state index in [-0.39, 0.29) is 5.78 Å². The van der Waals surface area contributed by atoms with Crippen LogP contribution in [0.25, 0.3) is 6.08 Å². The van der Waals surface area contributed by atoms with Gasteiger partial charge in [-0.15, -0.1) is 0 Å². The Kier molecular flexibility index (Phi) is 10.8. The normalized spacial score (nSPS) is 10.9. The molecule has 0 bridgehead atoms. The van der Waals surface area contributed by atoms with Gasteiger partial charge in [0.15, 0.2) is 28.8 Å². The second-order valence-corrected chi connectivity index (χ2v) is 9.93. The summed E-state index contributed by atoms with van der Waals surface area (Å²) < 4.78 is 28.2. The Bertz CT molecular complexity index is 1520. The number of hydrogen-bond donors (Lipinski definition) is 0. The standard InChI is InChI=1S/C32H27Cl3O6/c1-37-29-13-5-21(18-31(29)38-2)4-12-27(36)22-6-10-25(11-7-22)39-16-3-17-40-32-20-24(34)9-15-30(32)41-28-14-8-23(33)19-26(28)35/h4-15,18-20H,3,16-17H2,1-2H3/b12-4+. The molecule has 0 heterocycles. The van der Waals surface area contributed by atoms with Crippen molar-refractivity contribution >= 4 is 46.7 Å². The number of methoxy groups -OCH3 is 2. The van der Waals surface area contributed by atoms with Gasteiger partial charge >= 0.3 is 0 Å². The quantitative estimate of drug-likeness (QED) is 0.0851. The van der Waals surface area contributed by atoms with Crippen molar-refractivity contribution in [2.45, 2.75) is 6.42 Å². The van der Waals surface area contributed by atoms with E-state index < -0.39 is 0 Å². The molecule has 0 spiro atoms. The van der Waals surface area contributed by atoms with Gasteiger partial charge in [-0.1, -0.05) is 46.9 Å². The van der Waals surface area contributed by atoms with Crippen molar-refractivity contribution in [3.63, 3.8) is 0 Å². The molecule has 4 aromatic carbocycles. The van der Waals surface area contributed by atoms with Gasteiger partial charge in [-0.25, -0.2) is 0 Å². The summed E-state index contributed by atoms with van der Waals surface area (Å²) in [5.41, 5.74) is 1.37. The maximum Gasteiger partial charge on any atom is 0.185 e. The number of hydrogen-bond acceptors (Lipinski definition) is 6. The first-order chi connectivity index (χ1) is 19.9. The molecule has 0 saturated heterocycles. The summed E-state index contributed by atoms with van der Waals surface area (Å²) in [7, 11) is 3.14. The van der Waals surface area contributed by atoms with Crippen LogP contribution in [-0.4, -0.2) is 33.2 Å². The van der Waals surface area contributed by atoms with Crippen LogP contribution in [0.1, 0.15) is 22.3 Å². The van der Waals surface area contributed by atoms with Crippen LogP contribution in [-0.2, 0) is 0 Å². The predicted octanol–water partition coefficient (Wildman–Crippen LogP) is 9.20. The van der Waals surface area contributed by atoms with Crippen molar-refractivity contribution in [2.75, 3.05) is 27.4 Å². The number of ether oxygens (including phenoxy) is 5. The Morgan fingerprint density at radius 3 is 2.05 bits per heavy atom. The zero-order chi connectivity index (χ0) is 29.2. The van der Waals surface area contributed by atoms with Crippen molar-refractivity contribution in [3.8, 4) is 34.5 Å². The number of ketones is 1. The summed E-state index contributed by atoms with van der Waals surface area (Å²) >= 11 is 18.4. The van der Waals surface area contributed by atoms with Gasteiger partial charge in [-0.05, 0) is 78.4 Å². The maximum absolute atomic E-state index is 12.6. The molecule has 4 aromatic rings. The van der Waals surface area contributed by atoms with Crippen LogP contribution in [0.5, 0.6) is 34.5 Å². The third-order valence-electron chi connectivity index (χ3n) is 5.81. The lowest BCUT2D eigenvalue weighted by molar-refractivity contribution is 0.104. The van der Waals surface area contributed by atoms with Crippen LogP contribution in [0.4, 0.5) is 0 Å². The SMILES string of the molecule is COc1ccc(/C=C/C(=O)c2ccc(OCCCOc3cc(Cl)ccc3Oc3ccc(Cl)cc3Cl)cc2)cc1OC. The van der Waals surface area contributed by atoms with Crippen molar-refractivity contribution in [2.24, 2.45) is 0 Å². The molecule has 212 valence electrons. The van der Waals surface area contributed by atoms with Crippen molar-refractivity contribution < 1.29 is 28.5 Å². The summed E-state index contributed by atoms with van der Waals surface area (Å²) in [6, 6.07) is 22.5. The average molecular weight is 614 g/mol. The maximum atomic E-state index is 12.6. The van der Waals surface area contributed by atoms with E-state index in [0.29, 0.717) is 74.8 Å². The number of carbonyl (C=O) groups excluding carboxylic acids is 1. The van der Waals surface area contributed by atoms with Crippen molar-refractivity contribution in [3.05, 3.63) is 111 Å². The molecule has 0 unspecified atom stereocenters. The minimum atomic E-state index is -0.126. The van der Waals surface area contributed by atoms with Crippen LogP contribution < -0.4 is 23.7 Å². The second-order valence-electron chi connectivity index (χ2n) is 8.65. The van der Waals surface area contributed by atoms with Gasteiger partial charge in [0.25, 0.3) is 0 Å². The van der Waals surface area contributed by atoms with E-state index in [1.165, 1.54) is 6.08 Å².